The van der Waals surface area contributed by atoms with Crippen molar-refractivity contribution in [3.63, 3.8) is 0 Å². The normalized spacial score (nSPS) is 15.9. The average Bonchev–Trinajstić information content (AvgIpc) is 3.24. The number of anilines is 2. The van der Waals surface area contributed by atoms with E-state index in [0.29, 0.717) is 5.56 Å². The zero-order chi connectivity index (χ0) is 21.8. The molecule has 1 fully saturated rings. The van der Waals surface area contributed by atoms with Gasteiger partial charge in [-0.25, -0.2) is 9.97 Å². The van der Waals surface area contributed by atoms with Crippen LogP contribution in [0.2, 0.25) is 0 Å². The first-order valence-corrected chi connectivity index (χ1v) is 9.83. The van der Waals surface area contributed by atoms with Crippen LogP contribution >= 0.6 is 0 Å². The van der Waals surface area contributed by atoms with Crippen molar-refractivity contribution in [1.82, 2.24) is 15.0 Å². The summed E-state index contributed by atoms with van der Waals surface area (Å²) in [6.45, 7) is 0.729. The third-order valence-electron chi connectivity index (χ3n) is 5.24. The Labute approximate surface area is 178 Å². The molecule has 31 heavy (non-hydrogen) atoms. The summed E-state index contributed by atoms with van der Waals surface area (Å²) in [6, 6.07) is 8.10. The number of carbonyl (C=O) groups is 1. The summed E-state index contributed by atoms with van der Waals surface area (Å²) in [5.41, 5.74) is 2.68. The highest BCUT2D eigenvalue weighted by atomic mass is 19.3. The Hall–Kier alpha value is -3.62. The fourth-order valence-corrected chi connectivity index (χ4v) is 3.74. The minimum atomic E-state index is -2.95. The molecule has 1 unspecified atom stereocenters. The molecule has 7 nitrogen and oxygen atoms in total. The van der Waals surface area contributed by atoms with Gasteiger partial charge in [-0.1, -0.05) is 6.07 Å². The van der Waals surface area contributed by atoms with Crippen LogP contribution in [-0.2, 0) is 0 Å². The van der Waals surface area contributed by atoms with Gasteiger partial charge in [-0.15, -0.1) is 0 Å². The van der Waals surface area contributed by atoms with E-state index in [1.54, 1.807) is 24.7 Å². The molecule has 3 aromatic rings. The zero-order valence-electron chi connectivity index (χ0n) is 16.8. The summed E-state index contributed by atoms with van der Waals surface area (Å²) in [4.78, 5) is 27.4. The Balaban J connectivity index is 1.48. The van der Waals surface area contributed by atoms with E-state index >= 15 is 0 Å². The quantitative estimate of drug-likeness (QED) is 0.642. The molecular weight excluding hydrogens is 404 g/mol. The molecule has 0 saturated carbocycles. The number of pyridine rings is 1. The van der Waals surface area contributed by atoms with Gasteiger partial charge in [0.15, 0.2) is 0 Å². The first kappa shape index (κ1) is 20.6. The van der Waals surface area contributed by atoms with E-state index in [0.717, 1.165) is 36.5 Å². The van der Waals surface area contributed by atoms with Crippen molar-refractivity contribution in [3.05, 3.63) is 71.8 Å². The van der Waals surface area contributed by atoms with Gasteiger partial charge in [0, 0.05) is 49.2 Å². The molecule has 0 radical (unpaired) electrons. The Morgan fingerprint density at radius 1 is 1.19 bits per heavy atom. The summed E-state index contributed by atoms with van der Waals surface area (Å²) in [6.07, 6.45) is 7.31. The van der Waals surface area contributed by atoms with Crippen molar-refractivity contribution in [2.45, 2.75) is 25.9 Å². The van der Waals surface area contributed by atoms with Crippen molar-refractivity contribution in [3.8, 4) is 5.75 Å². The second-order valence-corrected chi connectivity index (χ2v) is 7.28. The van der Waals surface area contributed by atoms with Crippen LogP contribution in [0.1, 0.15) is 33.8 Å². The number of hydrogen-bond donors (Lipinski definition) is 1. The molecule has 2 aromatic heterocycles. The summed E-state index contributed by atoms with van der Waals surface area (Å²) in [7, 11) is 0. The van der Waals surface area contributed by atoms with E-state index in [-0.39, 0.29) is 23.4 Å². The Kier molecular flexibility index (Phi) is 6.01. The number of aromatic nitrogens is 3. The molecule has 160 valence electrons. The molecule has 0 spiro atoms. The molecule has 1 aromatic carbocycles. The Morgan fingerprint density at radius 2 is 2.06 bits per heavy atom. The second kappa shape index (κ2) is 9.03. The van der Waals surface area contributed by atoms with Gasteiger partial charge in [0.1, 0.15) is 17.4 Å². The van der Waals surface area contributed by atoms with E-state index in [9.17, 15) is 13.6 Å². The fourth-order valence-electron chi connectivity index (χ4n) is 3.74. The number of nitrogens with one attached hydrogen (secondary N) is 1. The molecule has 0 bridgehead atoms. The first-order valence-electron chi connectivity index (χ1n) is 9.83. The lowest BCUT2D eigenvalue weighted by atomic mass is 9.92. The Bertz CT molecular complexity index is 1060. The molecule has 1 amide bonds. The van der Waals surface area contributed by atoms with Gasteiger partial charge in [0.25, 0.3) is 5.91 Å². The van der Waals surface area contributed by atoms with Crippen LogP contribution in [0.4, 0.5) is 20.4 Å². The SMILES string of the molecule is Cc1ccc(C(=O)Nc2cc(OC(F)F)ccn2)cc1C1CCN(c2cnccn2)C1. The van der Waals surface area contributed by atoms with E-state index in [4.69, 9.17) is 0 Å². The van der Waals surface area contributed by atoms with Crippen LogP contribution < -0.4 is 15.0 Å². The standard InChI is InChI=1S/C22H21F2N5O2/c1-14-2-3-15(21(30)28-19-11-17(4-6-26-19)31-22(23)24)10-18(14)16-5-9-29(13-16)20-12-25-7-8-27-20/h2-4,6-8,10-12,16,22H,5,9,13H2,1H3,(H,26,28,30). The molecule has 1 aliphatic heterocycles. The number of amides is 1. The molecular formula is C22H21F2N5O2. The summed E-state index contributed by atoms with van der Waals surface area (Å²) < 4.78 is 29.2. The second-order valence-electron chi connectivity index (χ2n) is 7.28. The number of halogens is 2. The molecule has 1 aliphatic rings. The van der Waals surface area contributed by atoms with Crippen molar-refractivity contribution in [2.75, 3.05) is 23.3 Å². The van der Waals surface area contributed by atoms with E-state index < -0.39 is 6.61 Å². The minimum absolute atomic E-state index is 0.0695. The van der Waals surface area contributed by atoms with Gasteiger partial charge in [0.05, 0.1) is 6.20 Å². The number of rotatable bonds is 6. The van der Waals surface area contributed by atoms with E-state index in [1.807, 2.05) is 19.1 Å². The van der Waals surface area contributed by atoms with Crippen LogP contribution in [0.3, 0.4) is 0 Å². The summed E-state index contributed by atoms with van der Waals surface area (Å²) in [5, 5.41) is 2.64. The third-order valence-corrected chi connectivity index (χ3v) is 5.24. The van der Waals surface area contributed by atoms with E-state index in [2.05, 4.69) is 29.9 Å². The van der Waals surface area contributed by atoms with Gasteiger partial charge in [-0.3, -0.25) is 9.78 Å². The first-order chi connectivity index (χ1) is 15.0. The lowest BCUT2D eigenvalue weighted by Gasteiger charge is -2.18. The van der Waals surface area contributed by atoms with E-state index in [1.165, 1.54) is 18.3 Å². The minimum Gasteiger partial charge on any atom is -0.435 e. The molecule has 0 aliphatic carbocycles. The lowest BCUT2D eigenvalue weighted by molar-refractivity contribution is -0.0498. The topological polar surface area (TPSA) is 80.2 Å². The Morgan fingerprint density at radius 3 is 2.84 bits per heavy atom. The zero-order valence-corrected chi connectivity index (χ0v) is 16.8. The predicted molar refractivity (Wildman–Crippen MR) is 112 cm³/mol. The third kappa shape index (κ3) is 4.93. The maximum atomic E-state index is 12.7. The lowest BCUT2D eigenvalue weighted by Crippen LogP contribution is -2.20. The van der Waals surface area contributed by atoms with Crippen molar-refractivity contribution in [1.29, 1.82) is 0 Å². The van der Waals surface area contributed by atoms with Gasteiger partial charge in [-0.05, 0) is 42.7 Å². The van der Waals surface area contributed by atoms with Crippen LogP contribution in [0.25, 0.3) is 0 Å². The molecule has 9 heteroatoms. The summed E-state index contributed by atoms with van der Waals surface area (Å²) >= 11 is 0. The number of nitrogens with zero attached hydrogens (tertiary/aromatic N) is 4. The van der Waals surface area contributed by atoms with Crippen molar-refractivity contribution < 1.29 is 18.3 Å². The van der Waals surface area contributed by atoms with Crippen molar-refractivity contribution in [2.24, 2.45) is 0 Å². The van der Waals surface area contributed by atoms with Gasteiger partial charge >= 0.3 is 6.61 Å². The summed E-state index contributed by atoms with van der Waals surface area (Å²) in [5.74, 6) is 0.802. The molecule has 4 rings (SSSR count). The fraction of sp³-hybridized carbons (Fsp3) is 0.273. The van der Waals surface area contributed by atoms with Crippen LogP contribution in [0, 0.1) is 6.92 Å². The number of aryl methyl sites for hydroxylation is 1. The number of carbonyl (C=O) groups excluding carboxylic acids is 1. The number of ether oxygens (including phenoxy) is 1. The highest BCUT2D eigenvalue weighted by Crippen LogP contribution is 2.32. The highest BCUT2D eigenvalue weighted by Gasteiger charge is 2.26. The number of benzene rings is 1. The average molecular weight is 425 g/mol. The molecule has 1 saturated heterocycles. The monoisotopic (exact) mass is 425 g/mol. The van der Waals surface area contributed by atoms with Crippen LogP contribution in [-0.4, -0.2) is 40.6 Å². The van der Waals surface area contributed by atoms with Crippen molar-refractivity contribution >= 4 is 17.5 Å². The maximum absolute atomic E-state index is 12.7. The van der Waals surface area contributed by atoms with Gasteiger partial charge in [0.2, 0.25) is 0 Å². The van der Waals surface area contributed by atoms with Crippen LogP contribution in [0.15, 0.2) is 55.1 Å². The van der Waals surface area contributed by atoms with Gasteiger partial charge < -0.3 is 15.0 Å². The smallest absolute Gasteiger partial charge is 0.387 e. The predicted octanol–water partition coefficient (Wildman–Crippen LogP) is 4.03. The van der Waals surface area contributed by atoms with Gasteiger partial charge in [-0.2, -0.15) is 8.78 Å². The maximum Gasteiger partial charge on any atom is 0.387 e. The molecule has 1 atom stereocenters. The number of alkyl halides is 2. The molecule has 3 heterocycles. The largest absolute Gasteiger partial charge is 0.435 e. The molecule has 1 N–H and O–H groups in total. The van der Waals surface area contributed by atoms with Crippen LogP contribution in [0.5, 0.6) is 5.75 Å². The highest BCUT2D eigenvalue weighted by molar-refractivity contribution is 6.04. The number of hydrogen-bond acceptors (Lipinski definition) is 6.